The van der Waals surface area contributed by atoms with Crippen molar-refractivity contribution in [3.8, 4) is 5.75 Å². The molecule has 6 rings (SSSR count). The number of nitrogens with one attached hydrogen (secondary N) is 2. The SMILES string of the molecule is COc1cccc(CN2C(=O)[C@@H]3[C@H](C(=O)Nc4cccc(SC)c4)[C@@H]4C=C[C@@]3(O4)[C@@H]2C(=O)NC2CCCCC2)c1. The summed E-state index contributed by atoms with van der Waals surface area (Å²) in [7, 11) is 1.60. The summed E-state index contributed by atoms with van der Waals surface area (Å²) in [5.41, 5.74) is 0.318. The van der Waals surface area contributed by atoms with Gasteiger partial charge < -0.3 is 25.0 Å². The third kappa shape index (κ3) is 4.69. The molecule has 3 amide bonds. The van der Waals surface area contributed by atoms with E-state index in [1.54, 1.807) is 23.8 Å². The van der Waals surface area contributed by atoms with Gasteiger partial charge in [0.2, 0.25) is 17.7 Å². The Morgan fingerprint density at radius 1 is 1.10 bits per heavy atom. The van der Waals surface area contributed by atoms with Gasteiger partial charge in [0.15, 0.2) is 0 Å². The van der Waals surface area contributed by atoms with Gasteiger partial charge in [-0.25, -0.2) is 0 Å². The molecule has 3 fully saturated rings. The number of hydrogen-bond acceptors (Lipinski definition) is 6. The van der Waals surface area contributed by atoms with E-state index in [2.05, 4.69) is 10.6 Å². The molecule has 3 heterocycles. The van der Waals surface area contributed by atoms with Gasteiger partial charge in [0.25, 0.3) is 0 Å². The van der Waals surface area contributed by atoms with E-state index in [0.29, 0.717) is 11.4 Å². The Hall–Kier alpha value is -3.30. The molecule has 0 aromatic heterocycles. The average molecular weight is 562 g/mol. The van der Waals surface area contributed by atoms with E-state index in [9.17, 15) is 14.4 Å². The molecule has 9 heteroatoms. The Labute approximate surface area is 238 Å². The van der Waals surface area contributed by atoms with Gasteiger partial charge >= 0.3 is 0 Å². The molecule has 2 bridgehead atoms. The van der Waals surface area contributed by atoms with E-state index in [4.69, 9.17) is 9.47 Å². The highest BCUT2D eigenvalue weighted by Gasteiger charge is 2.72. The number of hydrogen-bond donors (Lipinski definition) is 2. The summed E-state index contributed by atoms with van der Waals surface area (Å²) in [6, 6.07) is 14.3. The maximum Gasteiger partial charge on any atom is 0.246 e. The fourth-order valence-electron chi connectivity index (χ4n) is 6.86. The maximum atomic E-state index is 14.2. The van der Waals surface area contributed by atoms with Gasteiger partial charge in [-0.3, -0.25) is 14.4 Å². The largest absolute Gasteiger partial charge is 0.497 e. The second kappa shape index (κ2) is 10.9. The van der Waals surface area contributed by atoms with E-state index in [-0.39, 0.29) is 30.3 Å². The smallest absolute Gasteiger partial charge is 0.246 e. The zero-order chi connectivity index (χ0) is 27.9. The van der Waals surface area contributed by atoms with Gasteiger partial charge in [0.1, 0.15) is 17.4 Å². The summed E-state index contributed by atoms with van der Waals surface area (Å²) in [6.45, 7) is 0.211. The van der Waals surface area contributed by atoms with Crippen LogP contribution in [0.3, 0.4) is 0 Å². The molecule has 0 unspecified atom stereocenters. The van der Waals surface area contributed by atoms with Gasteiger partial charge in [-0.15, -0.1) is 11.8 Å². The van der Waals surface area contributed by atoms with Gasteiger partial charge in [0, 0.05) is 23.2 Å². The van der Waals surface area contributed by atoms with Crippen LogP contribution in [0.2, 0.25) is 0 Å². The Balaban J connectivity index is 1.32. The lowest BCUT2D eigenvalue weighted by Crippen LogP contribution is -2.56. The number of anilines is 1. The first kappa shape index (κ1) is 26.9. The molecule has 8 nitrogen and oxygen atoms in total. The quantitative estimate of drug-likeness (QED) is 0.371. The van der Waals surface area contributed by atoms with Crippen molar-refractivity contribution in [3.05, 3.63) is 66.2 Å². The van der Waals surface area contributed by atoms with Crippen LogP contribution in [0.4, 0.5) is 5.69 Å². The highest BCUT2D eigenvalue weighted by molar-refractivity contribution is 7.98. The lowest BCUT2D eigenvalue weighted by Gasteiger charge is -2.34. The van der Waals surface area contributed by atoms with E-state index >= 15 is 0 Å². The number of carbonyl (C=O) groups excluding carboxylic acids is 3. The van der Waals surface area contributed by atoms with Crippen molar-refractivity contribution >= 4 is 35.2 Å². The maximum absolute atomic E-state index is 14.2. The number of benzene rings is 2. The van der Waals surface area contributed by atoms with Crippen LogP contribution >= 0.6 is 11.8 Å². The normalized spacial score (nSPS) is 28.9. The zero-order valence-corrected chi connectivity index (χ0v) is 23.6. The Morgan fingerprint density at radius 2 is 1.90 bits per heavy atom. The van der Waals surface area contributed by atoms with Crippen LogP contribution in [0.25, 0.3) is 0 Å². The van der Waals surface area contributed by atoms with Crippen molar-refractivity contribution < 1.29 is 23.9 Å². The molecular weight excluding hydrogens is 526 g/mol. The molecule has 1 spiro atoms. The Bertz CT molecular complexity index is 1340. The lowest BCUT2D eigenvalue weighted by atomic mass is 9.74. The Kier molecular flexibility index (Phi) is 7.35. The molecule has 4 aliphatic rings. The minimum absolute atomic E-state index is 0.0795. The number of rotatable bonds is 8. The molecule has 40 heavy (non-hydrogen) atoms. The van der Waals surface area contributed by atoms with Gasteiger partial charge in [-0.1, -0.05) is 49.6 Å². The number of fused-ring (bicyclic) bond motifs is 1. The fraction of sp³-hybridized carbons (Fsp3) is 0.452. The van der Waals surface area contributed by atoms with Gasteiger partial charge in [-0.05, 0) is 55.0 Å². The molecule has 2 aromatic carbocycles. The molecule has 210 valence electrons. The standard InChI is InChI=1S/C31H35N3O5S/c1-38-22-12-6-8-19(16-22)18-34-27(29(36)32-20-9-4-3-5-10-20)31-15-14-24(39-31)25(26(31)30(34)37)28(35)33-21-11-7-13-23(17-21)40-2/h6-8,11-17,20,24-27H,3-5,9-10,18H2,1-2H3,(H,32,36)(H,33,35)/t24-,25+,26-,27-,31-/m0/s1. The van der Waals surface area contributed by atoms with Crippen molar-refractivity contribution in [1.29, 1.82) is 0 Å². The van der Waals surface area contributed by atoms with Crippen molar-refractivity contribution in [2.75, 3.05) is 18.7 Å². The van der Waals surface area contributed by atoms with Crippen molar-refractivity contribution in [2.24, 2.45) is 11.8 Å². The summed E-state index contributed by atoms with van der Waals surface area (Å²) in [4.78, 5) is 44.6. The predicted octanol–water partition coefficient (Wildman–Crippen LogP) is 4.16. The van der Waals surface area contributed by atoms with Crippen LogP contribution in [0.1, 0.15) is 37.7 Å². The van der Waals surface area contributed by atoms with Crippen molar-refractivity contribution in [2.45, 2.75) is 67.3 Å². The van der Waals surface area contributed by atoms with E-state index in [1.165, 1.54) is 6.42 Å². The second-order valence-corrected chi connectivity index (χ2v) is 12.0. The zero-order valence-electron chi connectivity index (χ0n) is 22.8. The summed E-state index contributed by atoms with van der Waals surface area (Å²) in [6.07, 6.45) is 10.3. The lowest BCUT2D eigenvalue weighted by molar-refractivity contribution is -0.142. The van der Waals surface area contributed by atoms with Crippen LogP contribution in [0.5, 0.6) is 5.75 Å². The highest BCUT2D eigenvalue weighted by Crippen LogP contribution is 2.55. The molecular formula is C31H35N3O5S. The summed E-state index contributed by atoms with van der Waals surface area (Å²) >= 11 is 1.59. The van der Waals surface area contributed by atoms with Gasteiger partial charge in [0.05, 0.1) is 25.0 Å². The third-order valence-electron chi connectivity index (χ3n) is 8.70. The topological polar surface area (TPSA) is 97.0 Å². The number of carbonyl (C=O) groups is 3. The second-order valence-electron chi connectivity index (χ2n) is 11.1. The summed E-state index contributed by atoms with van der Waals surface area (Å²) in [5.74, 6) is -1.59. The van der Waals surface area contributed by atoms with Crippen LogP contribution in [0.15, 0.2) is 65.6 Å². The molecule has 3 aliphatic heterocycles. The number of thioether (sulfide) groups is 1. The highest BCUT2D eigenvalue weighted by atomic mass is 32.2. The summed E-state index contributed by atoms with van der Waals surface area (Å²) in [5, 5.41) is 6.24. The first-order valence-electron chi connectivity index (χ1n) is 14.0. The molecule has 1 saturated carbocycles. The van der Waals surface area contributed by atoms with Crippen LogP contribution in [-0.4, -0.2) is 59.8 Å². The average Bonchev–Trinajstić information content (AvgIpc) is 3.61. The van der Waals surface area contributed by atoms with E-state index < -0.39 is 29.6 Å². The molecule has 0 radical (unpaired) electrons. The molecule has 5 atom stereocenters. The minimum Gasteiger partial charge on any atom is -0.497 e. The first-order valence-corrected chi connectivity index (χ1v) is 15.2. The molecule has 1 aliphatic carbocycles. The number of likely N-dealkylation sites (tertiary alicyclic amines) is 1. The third-order valence-corrected chi connectivity index (χ3v) is 9.43. The number of nitrogens with zero attached hydrogens (tertiary/aromatic N) is 1. The molecule has 2 aromatic rings. The van der Waals surface area contributed by atoms with Crippen molar-refractivity contribution in [3.63, 3.8) is 0 Å². The van der Waals surface area contributed by atoms with E-state index in [1.807, 2.05) is 66.9 Å². The first-order chi connectivity index (χ1) is 19.4. The Morgan fingerprint density at radius 3 is 2.67 bits per heavy atom. The number of amides is 3. The number of ether oxygens (including phenoxy) is 2. The molecule has 2 N–H and O–H groups in total. The van der Waals surface area contributed by atoms with Crippen LogP contribution in [0, 0.1) is 11.8 Å². The number of methoxy groups -OCH3 is 1. The monoisotopic (exact) mass is 561 g/mol. The predicted molar refractivity (Wildman–Crippen MR) is 153 cm³/mol. The van der Waals surface area contributed by atoms with Crippen LogP contribution in [-0.2, 0) is 25.7 Å². The molecule has 2 saturated heterocycles. The van der Waals surface area contributed by atoms with Gasteiger partial charge in [-0.2, -0.15) is 0 Å². The van der Waals surface area contributed by atoms with Crippen molar-refractivity contribution in [1.82, 2.24) is 10.2 Å². The summed E-state index contributed by atoms with van der Waals surface area (Å²) < 4.78 is 11.9. The van der Waals surface area contributed by atoms with E-state index in [0.717, 1.165) is 36.1 Å². The fourth-order valence-corrected chi connectivity index (χ4v) is 7.32. The minimum atomic E-state index is -1.19. The van der Waals surface area contributed by atoms with Crippen LogP contribution < -0.4 is 15.4 Å².